The van der Waals surface area contributed by atoms with Crippen molar-refractivity contribution in [2.75, 3.05) is 0 Å². The average Bonchev–Trinajstić information content (AvgIpc) is 3.38. The summed E-state index contributed by atoms with van der Waals surface area (Å²) in [6.45, 7) is 10.5. The highest BCUT2D eigenvalue weighted by Crippen LogP contribution is 2.69. The Morgan fingerprint density at radius 1 is 1.03 bits per heavy atom. The van der Waals surface area contributed by atoms with E-state index in [9.17, 15) is 0 Å². The van der Waals surface area contributed by atoms with Crippen molar-refractivity contribution in [3.05, 3.63) is 12.2 Å². The lowest BCUT2D eigenvalue weighted by molar-refractivity contribution is -0.138. The van der Waals surface area contributed by atoms with Crippen LogP contribution in [0.25, 0.3) is 0 Å². The Hall–Kier alpha value is -0.860. The number of nitrogens with zero attached hydrogens (tertiary/aromatic N) is 2. The molecule has 3 heteroatoms. The van der Waals surface area contributed by atoms with Gasteiger partial charge < -0.3 is 4.98 Å². The molecule has 4 unspecified atom stereocenters. The molecule has 4 saturated carbocycles. The summed E-state index contributed by atoms with van der Waals surface area (Å²) in [7, 11) is 0. The summed E-state index contributed by atoms with van der Waals surface area (Å²) in [5, 5.41) is 8.20. The Bertz CT molecular complexity index is 714. The fraction of sp³-hybridized carbons (Fsp3) is 0.926. The van der Waals surface area contributed by atoms with E-state index in [1.807, 2.05) is 0 Å². The van der Waals surface area contributed by atoms with E-state index in [0.29, 0.717) is 10.8 Å². The van der Waals surface area contributed by atoms with Crippen LogP contribution < -0.4 is 0 Å². The van der Waals surface area contributed by atoms with E-state index < -0.39 is 0 Å². The molecule has 168 valence electrons. The smallest absolute Gasteiger partial charge is 0.130 e. The highest BCUT2D eigenvalue weighted by Gasteiger charge is 2.61. The highest BCUT2D eigenvalue weighted by atomic mass is 15.2. The molecule has 0 saturated heterocycles. The maximum Gasteiger partial charge on any atom is 0.130 e. The Morgan fingerprint density at radius 2 is 1.87 bits per heavy atom. The van der Waals surface area contributed by atoms with Gasteiger partial charge in [-0.25, -0.2) is 0 Å². The van der Waals surface area contributed by atoms with Crippen molar-refractivity contribution < 1.29 is 0 Å². The van der Waals surface area contributed by atoms with Crippen LogP contribution in [-0.2, 0) is 6.42 Å². The zero-order chi connectivity index (χ0) is 20.9. The van der Waals surface area contributed by atoms with E-state index in [1.54, 1.807) is 12.7 Å². The van der Waals surface area contributed by atoms with Gasteiger partial charge in [-0.2, -0.15) is 0 Å². The minimum absolute atomic E-state index is 0.582. The lowest BCUT2D eigenvalue weighted by Crippen LogP contribution is -2.55. The molecule has 4 aliphatic rings. The van der Waals surface area contributed by atoms with E-state index in [4.69, 9.17) is 0 Å². The number of nitrogens with one attached hydrogen (secondary N) is 1. The number of aromatic amines is 1. The summed E-state index contributed by atoms with van der Waals surface area (Å²) in [5.74, 6) is 7.82. The first-order chi connectivity index (χ1) is 14.5. The standard InChI is InChI=1S/C27H45N3/c1-5-19-16-20-23-11-10-21(18(2)9-12-25-28-17-29-30-25)27(23,4)15-13-24(20)26(3)14-7-6-8-22(19)26/h17-24H,5-16H2,1-4H3,(H,28,29,30)/t18-,19+,20?,21?,22+,23?,24?,26+,27-/m1/s1. The van der Waals surface area contributed by atoms with Crippen molar-refractivity contribution in [1.82, 2.24) is 15.2 Å². The van der Waals surface area contributed by atoms with E-state index in [-0.39, 0.29) is 0 Å². The van der Waals surface area contributed by atoms with Crippen molar-refractivity contribution in [3.63, 3.8) is 0 Å². The molecule has 9 atom stereocenters. The molecule has 0 spiro atoms. The van der Waals surface area contributed by atoms with Crippen LogP contribution in [-0.4, -0.2) is 15.2 Å². The van der Waals surface area contributed by atoms with Gasteiger partial charge in [-0.1, -0.05) is 47.0 Å². The highest BCUT2D eigenvalue weighted by molar-refractivity contribution is 5.10. The van der Waals surface area contributed by atoms with Crippen LogP contribution in [0.4, 0.5) is 0 Å². The average molecular weight is 412 g/mol. The Kier molecular flexibility index (Phi) is 5.55. The van der Waals surface area contributed by atoms with Crippen molar-refractivity contribution >= 4 is 0 Å². The first-order valence-corrected chi connectivity index (χ1v) is 13.3. The lowest BCUT2D eigenvalue weighted by atomic mass is 9.42. The molecule has 1 heterocycles. The number of rotatable bonds is 5. The number of aromatic nitrogens is 3. The number of H-pyrrole nitrogens is 1. The molecule has 3 nitrogen and oxygen atoms in total. The van der Waals surface area contributed by atoms with Crippen molar-refractivity contribution in [1.29, 1.82) is 0 Å². The molecule has 30 heavy (non-hydrogen) atoms. The molecule has 1 N–H and O–H groups in total. The Morgan fingerprint density at radius 3 is 2.63 bits per heavy atom. The van der Waals surface area contributed by atoms with Gasteiger partial charge in [-0.3, -0.25) is 0 Å². The fourth-order valence-electron chi connectivity index (χ4n) is 9.91. The van der Waals surface area contributed by atoms with Crippen LogP contribution in [0, 0.1) is 52.3 Å². The molecular formula is C27H45N3. The molecule has 1 aromatic heterocycles. The number of hydrogen-bond donors (Lipinski definition) is 1. The molecule has 0 radical (unpaired) electrons. The molecule has 4 fully saturated rings. The largest absolute Gasteiger partial charge is 0.332 e. The summed E-state index contributed by atoms with van der Waals surface area (Å²) < 4.78 is 0. The molecule has 0 aliphatic heterocycles. The molecule has 5 rings (SSSR count). The summed E-state index contributed by atoms with van der Waals surface area (Å²) in [4.78, 5) is 3.21. The van der Waals surface area contributed by atoms with E-state index >= 15 is 0 Å². The topological polar surface area (TPSA) is 41.6 Å². The van der Waals surface area contributed by atoms with Crippen LogP contribution in [0.5, 0.6) is 0 Å². The van der Waals surface area contributed by atoms with E-state index in [2.05, 4.69) is 42.9 Å². The number of hydrogen-bond acceptors (Lipinski definition) is 2. The zero-order valence-corrected chi connectivity index (χ0v) is 20.0. The first-order valence-electron chi connectivity index (χ1n) is 13.3. The van der Waals surface area contributed by atoms with Crippen LogP contribution in [0.1, 0.15) is 104 Å². The van der Waals surface area contributed by atoms with Crippen LogP contribution >= 0.6 is 0 Å². The second-order valence-corrected chi connectivity index (χ2v) is 12.3. The van der Waals surface area contributed by atoms with Crippen molar-refractivity contribution in [3.8, 4) is 0 Å². The molecule has 0 amide bonds. The zero-order valence-electron chi connectivity index (χ0n) is 20.0. The minimum Gasteiger partial charge on any atom is -0.332 e. The summed E-state index contributed by atoms with van der Waals surface area (Å²) in [5.41, 5.74) is 1.23. The summed E-state index contributed by atoms with van der Waals surface area (Å²) >= 11 is 0. The van der Waals surface area contributed by atoms with Gasteiger partial charge in [0.05, 0.1) is 0 Å². The van der Waals surface area contributed by atoms with Gasteiger partial charge in [0.25, 0.3) is 0 Å². The van der Waals surface area contributed by atoms with Crippen LogP contribution in [0.2, 0.25) is 0 Å². The number of aryl methyl sites for hydroxylation is 1. The minimum atomic E-state index is 0.582. The fourth-order valence-corrected chi connectivity index (χ4v) is 9.91. The second-order valence-electron chi connectivity index (χ2n) is 12.3. The van der Waals surface area contributed by atoms with Crippen molar-refractivity contribution in [2.45, 2.75) is 105 Å². The molecule has 0 aromatic carbocycles. The van der Waals surface area contributed by atoms with Gasteiger partial charge in [0.1, 0.15) is 12.2 Å². The van der Waals surface area contributed by atoms with Gasteiger partial charge >= 0.3 is 0 Å². The van der Waals surface area contributed by atoms with Crippen LogP contribution in [0.15, 0.2) is 6.33 Å². The summed E-state index contributed by atoms with van der Waals surface area (Å²) in [6, 6.07) is 0. The van der Waals surface area contributed by atoms with Gasteiger partial charge in [0.2, 0.25) is 0 Å². The second kappa shape index (κ2) is 7.93. The third kappa shape index (κ3) is 3.20. The van der Waals surface area contributed by atoms with Crippen molar-refractivity contribution in [2.24, 2.45) is 52.3 Å². The molecular weight excluding hydrogens is 366 g/mol. The van der Waals surface area contributed by atoms with E-state index in [1.165, 1.54) is 64.2 Å². The van der Waals surface area contributed by atoms with Gasteiger partial charge in [-0.15, -0.1) is 10.2 Å². The molecule has 1 aromatic rings. The monoisotopic (exact) mass is 411 g/mol. The molecule has 0 bridgehead atoms. The summed E-state index contributed by atoms with van der Waals surface area (Å²) in [6.07, 6.45) is 19.1. The predicted molar refractivity (Wildman–Crippen MR) is 123 cm³/mol. The Labute approximate surface area is 184 Å². The molecule has 4 aliphatic carbocycles. The quantitative estimate of drug-likeness (QED) is 0.563. The third-order valence-corrected chi connectivity index (χ3v) is 11.3. The van der Waals surface area contributed by atoms with Gasteiger partial charge in [-0.05, 0) is 104 Å². The predicted octanol–water partition coefficient (Wildman–Crippen LogP) is 7.06. The van der Waals surface area contributed by atoms with Gasteiger partial charge in [0.15, 0.2) is 0 Å². The Balaban J connectivity index is 1.34. The maximum absolute atomic E-state index is 4.23. The van der Waals surface area contributed by atoms with Crippen LogP contribution in [0.3, 0.4) is 0 Å². The normalized spacial score (nSPS) is 46.7. The lowest BCUT2D eigenvalue weighted by Gasteiger charge is -2.63. The maximum atomic E-state index is 4.23. The SMILES string of the molecule is CC[C@H]1CC2C3CCC([C@H](C)CCc4nnc[nH]4)[C@@]3(C)CCC2[C@@]2(C)CCCC[C@@H]12. The first kappa shape index (κ1) is 21.0. The van der Waals surface area contributed by atoms with E-state index in [0.717, 1.165) is 53.7 Å². The third-order valence-electron chi connectivity index (χ3n) is 11.3. The number of fused-ring (bicyclic) bond motifs is 5. The van der Waals surface area contributed by atoms with Gasteiger partial charge in [0, 0.05) is 6.42 Å².